The second-order valence-electron chi connectivity index (χ2n) is 4.44. The van der Waals surface area contributed by atoms with E-state index in [1.165, 1.54) is 43.2 Å². The van der Waals surface area contributed by atoms with E-state index in [4.69, 9.17) is 0 Å². The number of hydrogen-bond acceptors (Lipinski definition) is 1. The number of benzene rings is 1. The first kappa shape index (κ1) is 13.6. The zero-order chi connectivity index (χ0) is 11.8. The fourth-order valence-electron chi connectivity index (χ4n) is 2.20. The molecule has 0 unspecified atom stereocenters. The molecular formula is C15H24S. The molecule has 90 valence electrons. The van der Waals surface area contributed by atoms with Gasteiger partial charge in [0, 0.05) is 0 Å². The Morgan fingerprint density at radius 2 is 1.88 bits per heavy atom. The van der Waals surface area contributed by atoms with Crippen LogP contribution >= 0.6 is 12.6 Å². The smallest absolute Gasteiger partial charge is 0.00978 e. The van der Waals surface area contributed by atoms with E-state index in [-0.39, 0.29) is 0 Å². The van der Waals surface area contributed by atoms with E-state index in [0.29, 0.717) is 0 Å². The summed E-state index contributed by atoms with van der Waals surface area (Å²) in [5, 5.41) is 0. The minimum Gasteiger partial charge on any atom is -0.179 e. The number of rotatable bonds is 7. The van der Waals surface area contributed by atoms with Crippen LogP contribution < -0.4 is 0 Å². The van der Waals surface area contributed by atoms with E-state index in [9.17, 15) is 0 Å². The lowest BCUT2D eigenvalue weighted by Crippen LogP contribution is -1.97. The number of thiol groups is 1. The van der Waals surface area contributed by atoms with Crippen LogP contribution in [-0.4, -0.2) is 5.75 Å². The average molecular weight is 236 g/mol. The Morgan fingerprint density at radius 3 is 2.50 bits per heavy atom. The number of hydrogen-bond donors (Lipinski definition) is 1. The van der Waals surface area contributed by atoms with Crippen molar-refractivity contribution in [3.05, 3.63) is 35.4 Å². The molecule has 0 aliphatic heterocycles. The highest BCUT2D eigenvalue weighted by Crippen LogP contribution is 2.24. The first-order valence-corrected chi connectivity index (χ1v) is 7.14. The molecular weight excluding hydrogens is 212 g/mol. The van der Waals surface area contributed by atoms with E-state index < -0.39 is 0 Å². The van der Waals surface area contributed by atoms with Crippen LogP contribution in [-0.2, 0) is 6.42 Å². The molecule has 0 radical (unpaired) electrons. The minimum absolute atomic E-state index is 0.741. The molecule has 0 saturated heterocycles. The van der Waals surface area contributed by atoms with Crippen molar-refractivity contribution in [2.24, 2.45) is 0 Å². The Balaban J connectivity index is 2.62. The fourth-order valence-corrected chi connectivity index (χ4v) is 2.43. The summed E-state index contributed by atoms with van der Waals surface area (Å²) >= 11 is 4.25. The van der Waals surface area contributed by atoms with Gasteiger partial charge in [-0.05, 0) is 54.9 Å². The maximum Gasteiger partial charge on any atom is -0.00978 e. The predicted octanol–water partition coefficient (Wildman–Crippen LogP) is 4.84. The van der Waals surface area contributed by atoms with Crippen LogP contribution in [0.3, 0.4) is 0 Å². The van der Waals surface area contributed by atoms with Crippen LogP contribution in [0.2, 0.25) is 0 Å². The molecule has 0 spiro atoms. The molecule has 1 aromatic carbocycles. The standard InChI is InChI=1S/C15H24S/c1-3-14(4-2)15-10-7-9-13(12-15)8-5-6-11-16/h7,9-10,12,14,16H,3-6,8,11H2,1-2H3. The molecule has 0 fully saturated rings. The molecule has 0 atom stereocenters. The molecule has 0 aliphatic rings. The molecule has 0 bridgehead atoms. The van der Waals surface area contributed by atoms with Crippen molar-refractivity contribution in [1.82, 2.24) is 0 Å². The van der Waals surface area contributed by atoms with E-state index in [2.05, 4.69) is 50.7 Å². The van der Waals surface area contributed by atoms with Crippen LogP contribution in [0.4, 0.5) is 0 Å². The molecule has 0 aliphatic carbocycles. The number of aryl methyl sites for hydroxylation is 1. The molecule has 0 N–H and O–H groups in total. The van der Waals surface area contributed by atoms with E-state index in [1.807, 2.05) is 0 Å². The van der Waals surface area contributed by atoms with E-state index in [1.54, 1.807) is 0 Å². The SMILES string of the molecule is CCC(CC)c1cccc(CCCCS)c1. The van der Waals surface area contributed by atoms with Gasteiger partial charge >= 0.3 is 0 Å². The van der Waals surface area contributed by atoms with Gasteiger partial charge in [-0.1, -0.05) is 38.1 Å². The van der Waals surface area contributed by atoms with Gasteiger partial charge in [-0.25, -0.2) is 0 Å². The van der Waals surface area contributed by atoms with Crippen LogP contribution in [0.25, 0.3) is 0 Å². The highest BCUT2D eigenvalue weighted by molar-refractivity contribution is 7.80. The molecule has 1 aromatic rings. The molecule has 1 heteroatoms. The van der Waals surface area contributed by atoms with Crippen molar-refractivity contribution >= 4 is 12.6 Å². The largest absolute Gasteiger partial charge is 0.179 e. The van der Waals surface area contributed by atoms with Gasteiger partial charge in [0.15, 0.2) is 0 Å². The summed E-state index contributed by atoms with van der Waals surface area (Å²) in [6.07, 6.45) is 6.18. The Kier molecular flexibility index (Phi) is 6.63. The van der Waals surface area contributed by atoms with Gasteiger partial charge in [0.1, 0.15) is 0 Å². The Bertz CT molecular complexity index is 289. The van der Waals surface area contributed by atoms with E-state index >= 15 is 0 Å². The Morgan fingerprint density at radius 1 is 1.12 bits per heavy atom. The lowest BCUT2D eigenvalue weighted by molar-refractivity contribution is 0.640. The van der Waals surface area contributed by atoms with Crippen molar-refractivity contribution in [2.45, 2.75) is 51.9 Å². The summed E-state index contributed by atoms with van der Waals surface area (Å²) in [7, 11) is 0. The summed E-state index contributed by atoms with van der Waals surface area (Å²) in [5.41, 5.74) is 3.01. The van der Waals surface area contributed by atoms with Crippen molar-refractivity contribution in [3.8, 4) is 0 Å². The third-order valence-corrected chi connectivity index (χ3v) is 3.60. The van der Waals surface area contributed by atoms with Crippen molar-refractivity contribution in [2.75, 3.05) is 5.75 Å². The third kappa shape index (κ3) is 4.21. The van der Waals surface area contributed by atoms with Gasteiger partial charge in [-0.3, -0.25) is 0 Å². The van der Waals surface area contributed by atoms with Crippen LogP contribution in [0.5, 0.6) is 0 Å². The quantitative estimate of drug-likeness (QED) is 0.508. The Hall–Kier alpha value is -0.430. The lowest BCUT2D eigenvalue weighted by atomic mass is 9.92. The van der Waals surface area contributed by atoms with Crippen LogP contribution in [0.15, 0.2) is 24.3 Å². The summed E-state index contributed by atoms with van der Waals surface area (Å²) < 4.78 is 0. The maximum atomic E-state index is 4.25. The summed E-state index contributed by atoms with van der Waals surface area (Å²) in [6, 6.07) is 9.14. The van der Waals surface area contributed by atoms with Crippen molar-refractivity contribution < 1.29 is 0 Å². The average Bonchev–Trinajstić information content (AvgIpc) is 2.32. The normalized spacial score (nSPS) is 11.0. The Labute approximate surface area is 106 Å². The fraction of sp³-hybridized carbons (Fsp3) is 0.600. The topological polar surface area (TPSA) is 0 Å². The summed E-state index contributed by atoms with van der Waals surface area (Å²) in [5.74, 6) is 1.75. The highest BCUT2D eigenvalue weighted by atomic mass is 32.1. The minimum atomic E-state index is 0.741. The molecule has 1 rings (SSSR count). The maximum absolute atomic E-state index is 4.25. The van der Waals surface area contributed by atoms with E-state index in [0.717, 1.165) is 11.7 Å². The predicted molar refractivity (Wildman–Crippen MR) is 76.6 cm³/mol. The lowest BCUT2D eigenvalue weighted by Gasteiger charge is -2.14. The molecule has 0 aromatic heterocycles. The monoisotopic (exact) mass is 236 g/mol. The summed E-state index contributed by atoms with van der Waals surface area (Å²) in [4.78, 5) is 0. The van der Waals surface area contributed by atoms with Crippen molar-refractivity contribution in [1.29, 1.82) is 0 Å². The van der Waals surface area contributed by atoms with Gasteiger partial charge in [0.05, 0.1) is 0 Å². The highest BCUT2D eigenvalue weighted by Gasteiger charge is 2.06. The van der Waals surface area contributed by atoms with Gasteiger partial charge in [-0.15, -0.1) is 0 Å². The first-order valence-electron chi connectivity index (χ1n) is 6.51. The second kappa shape index (κ2) is 7.78. The molecule has 0 heterocycles. The van der Waals surface area contributed by atoms with Gasteiger partial charge in [-0.2, -0.15) is 12.6 Å². The zero-order valence-electron chi connectivity index (χ0n) is 10.6. The van der Waals surface area contributed by atoms with Crippen LogP contribution in [0.1, 0.15) is 56.6 Å². The summed E-state index contributed by atoms with van der Waals surface area (Å²) in [6.45, 7) is 4.56. The second-order valence-corrected chi connectivity index (χ2v) is 4.89. The number of unbranched alkanes of at least 4 members (excludes halogenated alkanes) is 1. The van der Waals surface area contributed by atoms with Crippen LogP contribution in [0, 0.1) is 0 Å². The van der Waals surface area contributed by atoms with Gasteiger partial charge in [0.2, 0.25) is 0 Å². The molecule has 0 saturated carbocycles. The molecule has 0 amide bonds. The van der Waals surface area contributed by atoms with Gasteiger partial charge < -0.3 is 0 Å². The zero-order valence-corrected chi connectivity index (χ0v) is 11.5. The molecule has 0 nitrogen and oxygen atoms in total. The third-order valence-electron chi connectivity index (χ3n) is 3.28. The molecule has 16 heavy (non-hydrogen) atoms. The first-order chi connectivity index (χ1) is 7.81. The van der Waals surface area contributed by atoms with Gasteiger partial charge in [0.25, 0.3) is 0 Å². The van der Waals surface area contributed by atoms with Crippen molar-refractivity contribution in [3.63, 3.8) is 0 Å².